The van der Waals surface area contributed by atoms with Crippen LogP contribution in [0.25, 0.3) is 0 Å². The number of carbonyl (C=O) groups is 1. The molecule has 5 heteroatoms. The number of carboxylic acids is 1. The van der Waals surface area contributed by atoms with Crippen LogP contribution in [-0.2, 0) is 11.2 Å². The van der Waals surface area contributed by atoms with E-state index in [2.05, 4.69) is 0 Å². The van der Waals surface area contributed by atoms with Crippen molar-refractivity contribution < 1.29 is 20.1 Å². The molecule has 0 aromatic heterocycles. The molecule has 0 fully saturated rings. The number of phenolic OH excluding ortho intramolecular Hbond substituents is 2. The summed E-state index contributed by atoms with van der Waals surface area (Å²) in [6, 6.07) is 4.34. The third-order valence-corrected chi connectivity index (χ3v) is 2.81. The number of rotatable bonds is 5. The summed E-state index contributed by atoms with van der Waals surface area (Å²) in [6.07, 6.45) is 0.862. The molecular formula is C13H19NO4. The van der Waals surface area contributed by atoms with Gasteiger partial charge in [-0.25, -0.2) is 0 Å². The lowest BCUT2D eigenvalue weighted by molar-refractivity contribution is -0.143. The molecule has 100 valence electrons. The standard InChI is InChI=1S/C13H19NO4/c1-8(7-13(2,14)12(17)18)3-9-4-10(15)6-11(16)5-9/h4-6,8,15-16H,3,7,14H2,1-2H3,(H,17,18). The van der Waals surface area contributed by atoms with Crippen LogP contribution in [0.4, 0.5) is 0 Å². The van der Waals surface area contributed by atoms with E-state index in [1.165, 1.54) is 13.0 Å². The average molecular weight is 253 g/mol. The van der Waals surface area contributed by atoms with Gasteiger partial charge in [-0.05, 0) is 43.4 Å². The van der Waals surface area contributed by atoms with Gasteiger partial charge in [-0.2, -0.15) is 0 Å². The van der Waals surface area contributed by atoms with Gasteiger partial charge in [-0.3, -0.25) is 4.79 Å². The highest BCUT2D eigenvalue weighted by atomic mass is 16.4. The number of benzene rings is 1. The van der Waals surface area contributed by atoms with Crippen LogP contribution in [0.15, 0.2) is 18.2 Å². The van der Waals surface area contributed by atoms with Crippen LogP contribution >= 0.6 is 0 Å². The summed E-state index contributed by atoms with van der Waals surface area (Å²) in [5.74, 6) is -1.03. The highest BCUT2D eigenvalue weighted by Crippen LogP contribution is 2.25. The first-order chi connectivity index (χ1) is 8.20. The number of aromatic hydroxyl groups is 2. The van der Waals surface area contributed by atoms with Gasteiger partial charge in [0.25, 0.3) is 0 Å². The van der Waals surface area contributed by atoms with E-state index in [4.69, 9.17) is 10.8 Å². The van der Waals surface area contributed by atoms with Gasteiger partial charge >= 0.3 is 5.97 Å². The normalized spacial score (nSPS) is 15.9. The Labute approximate surface area is 106 Å². The zero-order valence-corrected chi connectivity index (χ0v) is 10.6. The maximum Gasteiger partial charge on any atom is 0.323 e. The number of hydrogen-bond donors (Lipinski definition) is 4. The Bertz CT molecular complexity index is 422. The van der Waals surface area contributed by atoms with E-state index >= 15 is 0 Å². The Morgan fingerprint density at radius 1 is 1.33 bits per heavy atom. The first-order valence-corrected chi connectivity index (χ1v) is 5.75. The number of phenols is 2. The number of carboxylic acid groups (broad SMARTS) is 1. The summed E-state index contributed by atoms with van der Waals surface area (Å²) >= 11 is 0. The molecule has 2 atom stereocenters. The van der Waals surface area contributed by atoms with Crippen LogP contribution in [0.5, 0.6) is 11.5 Å². The fourth-order valence-corrected chi connectivity index (χ4v) is 2.06. The fourth-order valence-electron chi connectivity index (χ4n) is 2.06. The number of aliphatic carboxylic acids is 1. The molecule has 0 radical (unpaired) electrons. The van der Waals surface area contributed by atoms with Crippen molar-refractivity contribution in [2.24, 2.45) is 11.7 Å². The molecule has 0 bridgehead atoms. The molecule has 0 aliphatic carbocycles. The summed E-state index contributed by atoms with van der Waals surface area (Å²) in [4.78, 5) is 10.9. The molecule has 18 heavy (non-hydrogen) atoms. The van der Waals surface area contributed by atoms with Crippen LogP contribution in [-0.4, -0.2) is 26.8 Å². The van der Waals surface area contributed by atoms with E-state index in [0.29, 0.717) is 12.8 Å². The van der Waals surface area contributed by atoms with E-state index in [-0.39, 0.29) is 17.4 Å². The molecule has 1 aromatic carbocycles. The van der Waals surface area contributed by atoms with Crippen molar-refractivity contribution in [3.05, 3.63) is 23.8 Å². The smallest absolute Gasteiger partial charge is 0.323 e. The maximum absolute atomic E-state index is 10.9. The van der Waals surface area contributed by atoms with Crippen LogP contribution in [0.1, 0.15) is 25.8 Å². The Morgan fingerprint density at radius 3 is 2.28 bits per heavy atom. The van der Waals surface area contributed by atoms with Crippen molar-refractivity contribution in [3.8, 4) is 11.5 Å². The molecule has 5 nitrogen and oxygen atoms in total. The number of hydrogen-bond acceptors (Lipinski definition) is 4. The summed E-state index contributed by atoms with van der Waals surface area (Å²) in [5, 5.41) is 27.6. The van der Waals surface area contributed by atoms with Gasteiger partial charge in [0, 0.05) is 6.07 Å². The van der Waals surface area contributed by atoms with Gasteiger partial charge in [-0.15, -0.1) is 0 Å². The fraction of sp³-hybridized carbons (Fsp3) is 0.462. The van der Waals surface area contributed by atoms with Crippen molar-refractivity contribution in [2.75, 3.05) is 0 Å². The lowest BCUT2D eigenvalue weighted by atomic mass is 9.87. The van der Waals surface area contributed by atoms with Crippen molar-refractivity contribution in [3.63, 3.8) is 0 Å². The zero-order chi connectivity index (χ0) is 13.9. The number of nitrogens with two attached hydrogens (primary N) is 1. The monoisotopic (exact) mass is 253 g/mol. The molecule has 1 rings (SSSR count). The van der Waals surface area contributed by atoms with Crippen molar-refractivity contribution in [1.82, 2.24) is 0 Å². The minimum absolute atomic E-state index is 0.00838. The molecule has 0 heterocycles. The van der Waals surface area contributed by atoms with Crippen molar-refractivity contribution >= 4 is 5.97 Å². The van der Waals surface area contributed by atoms with E-state index in [9.17, 15) is 15.0 Å². The summed E-state index contributed by atoms with van der Waals surface area (Å²) in [5.41, 5.74) is 5.16. The van der Waals surface area contributed by atoms with Crippen LogP contribution < -0.4 is 5.73 Å². The maximum atomic E-state index is 10.9. The lowest BCUT2D eigenvalue weighted by Crippen LogP contribution is -2.46. The highest BCUT2D eigenvalue weighted by Gasteiger charge is 2.29. The Morgan fingerprint density at radius 2 is 1.83 bits per heavy atom. The second kappa shape index (κ2) is 5.27. The molecule has 0 spiro atoms. The minimum atomic E-state index is -1.27. The van der Waals surface area contributed by atoms with E-state index in [1.807, 2.05) is 6.92 Å². The SMILES string of the molecule is CC(Cc1cc(O)cc(O)c1)CC(C)(N)C(=O)O. The Kier molecular flexibility index (Phi) is 4.19. The van der Waals surface area contributed by atoms with Crippen molar-refractivity contribution in [2.45, 2.75) is 32.2 Å². The second-order valence-electron chi connectivity index (χ2n) is 5.09. The first-order valence-electron chi connectivity index (χ1n) is 5.75. The topological polar surface area (TPSA) is 104 Å². The van der Waals surface area contributed by atoms with E-state index in [1.54, 1.807) is 12.1 Å². The summed E-state index contributed by atoms with van der Waals surface area (Å²) in [7, 11) is 0. The first kappa shape index (κ1) is 14.3. The molecule has 5 N–H and O–H groups in total. The van der Waals surface area contributed by atoms with Gasteiger partial charge in [-0.1, -0.05) is 6.92 Å². The predicted octanol–water partition coefficient (Wildman–Crippen LogP) is 1.47. The highest BCUT2D eigenvalue weighted by molar-refractivity contribution is 5.77. The van der Waals surface area contributed by atoms with E-state index in [0.717, 1.165) is 5.56 Å². The van der Waals surface area contributed by atoms with Gasteiger partial charge in [0.05, 0.1) is 0 Å². The Balaban J connectivity index is 2.70. The minimum Gasteiger partial charge on any atom is -0.508 e. The lowest BCUT2D eigenvalue weighted by Gasteiger charge is -2.23. The summed E-state index contributed by atoms with van der Waals surface area (Å²) < 4.78 is 0. The predicted molar refractivity (Wildman–Crippen MR) is 67.5 cm³/mol. The van der Waals surface area contributed by atoms with Gasteiger partial charge in [0.2, 0.25) is 0 Å². The average Bonchev–Trinajstić information content (AvgIpc) is 2.13. The van der Waals surface area contributed by atoms with Gasteiger partial charge in [0.1, 0.15) is 17.0 Å². The molecule has 0 saturated heterocycles. The van der Waals surface area contributed by atoms with Crippen LogP contribution in [0.3, 0.4) is 0 Å². The molecular weight excluding hydrogens is 234 g/mol. The molecule has 0 aliphatic rings. The molecule has 0 aliphatic heterocycles. The zero-order valence-electron chi connectivity index (χ0n) is 10.6. The third-order valence-electron chi connectivity index (χ3n) is 2.81. The quantitative estimate of drug-likeness (QED) is 0.636. The Hall–Kier alpha value is -1.75. The molecule has 2 unspecified atom stereocenters. The van der Waals surface area contributed by atoms with Gasteiger partial charge in [0.15, 0.2) is 0 Å². The molecule has 0 saturated carbocycles. The molecule has 0 amide bonds. The van der Waals surface area contributed by atoms with Gasteiger partial charge < -0.3 is 21.1 Å². The third kappa shape index (κ3) is 3.92. The van der Waals surface area contributed by atoms with Crippen molar-refractivity contribution in [1.29, 1.82) is 0 Å². The van der Waals surface area contributed by atoms with Crippen LogP contribution in [0.2, 0.25) is 0 Å². The van der Waals surface area contributed by atoms with E-state index < -0.39 is 11.5 Å². The largest absolute Gasteiger partial charge is 0.508 e. The second-order valence-corrected chi connectivity index (χ2v) is 5.09. The van der Waals surface area contributed by atoms with Crippen LogP contribution in [0, 0.1) is 5.92 Å². The molecule has 1 aromatic rings. The summed E-state index contributed by atoms with van der Waals surface area (Å²) in [6.45, 7) is 3.36.